The molecule has 1 aliphatic heterocycles. The van der Waals surface area contributed by atoms with Crippen molar-refractivity contribution in [2.24, 2.45) is 5.73 Å². The molecule has 2 aromatic carbocycles. The molecule has 1 aliphatic rings. The van der Waals surface area contributed by atoms with Gasteiger partial charge in [0.05, 0.1) is 5.69 Å². The second kappa shape index (κ2) is 6.51. The van der Waals surface area contributed by atoms with Gasteiger partial charge in [-0.25, -0.2) is 0 Å². The summed E-state index contributed by atoms with van der Waals surface area (Å²) in [5, 5.41) is 0.648. The molecule has 4 heteroatoms. The number of fused-ring (bicyclic) bond motifs is 2. The highest BCUT2D eigenvalue weighted by Gasteiger charge is 2.25. The Balaban J connectivity index is 2.10. The van der Waals surface area contributed by atoms with Crippen LogP contribution in [0.2, 0.25) is 5.02 Å². The van der Waals surface area contributed by atoms with Crippen LogP contribution in [0, 0.1) is 0 Å². The van der Waals surface area contributed by atoms with Gasteiger partial charge in [0.25, 0.3) is 0 Å². The maximum Gasteiger partial charge on any atom is 0.169 e. The number of benzene rings is 2. The second-order valence-electron chi connectivity index (χ2n) is 5.54. The molecule has 0 aromatic heterocycles. The fourth-order valence-electron chi connectivity index (χ4n) is 2.94. The number of nitrogens with zero attached hydrogens (tertiary/aromatic N) is 1. The van der Waals surface area contributed by atoms with Crippen LogP contribution in [0.5, 0.6) is 0 Å². The van der Waals surface area contributed by atoms with Gasteiger partial charge < -0.3 is 10.6 Å². The highest BCUT2D eigenvalue weighted by molar-refractivity contribution is 6.31. The molecular weight excluding hydrogens is 296 g/mol. The minimum absolute atomic E-state index is 0.139. The molecule has 2 aromatic rings. The lowest BCUT2D eigenvalue weighted by Crippen LogP contribution is -2.20. The number of rotatable bonds is 4. The molecule has 1 heterocycles. The van der Waals surface area contributed by atoms with Gasteiger partial charge in [0.1, 0.15) is 0 Å². The summed E-state index contributed by atoms with van der Waals surface area (Å²) in [5.41, 5.74) is 9.42. The fourth-order valence-corrected chi connectivity index (χ4v) is 3.11. The highest BCUT2D eigenvalue weighted by Crippen LogP contribution is 2.37. The summed E-state index contributed by atoms with van der Waals surface area (Å²) < 4.78 is 0. The summed E-state index contributed by atoms with van der Waals surface area (Å²) in [5.74, 6) is 0.139. The number of ketones is 1. The van der Waals surface area contributed by atoms with Crippen LogP contribution < -0.4 is 10.6 Å². The Morgan fingerprint density at radius 3 is 2.73 bits per heavy atom. The van der Waals surface area contributed by atoms with E-state index in [9.17, 15) is 4.79 Å². The fraction of sp³-hybridized carbons (Fsp3) is 0.278. The third-order valence-corrected chi connectivity index (χ3v) is 4.26. The van der Waals surface area contributed by atoms with Crippen molar-refractivity contribution < 1.29 is 4.79 Å². The lowest BCUT2D eigenvalue weighted by Gasteiger charge is -2.26. The predicted molar refractivity (Wildman–Crippen MR) is 91.2 cm³/mol. The van der Waals surface area contributed by atoms with Crippen molar-refractivity contribution in [3.8, 4) is 0 Å². The van der Waals surface area contributed by atoms with Crippen LogP contribution in [0.3, 0.4) is 0 Å². The summed E-state index contributed by atoms with van der Waals surface area (Å²) in [4.78, 5) is 14.8. The monoisotopic (exact) mass is 314 g/mol. The molecule has 114 valence electrons. The van der Waals surface area contributed by atoms with Gasteiger partial charge in [-0.3, -0.25) is 4.79 Å². The Labute approximate surface area is 135 Å². The third kappa shape index (κ3) is 2.87. The molecule has 0 atom stereocenters. The normalized spacial score (nSPS) is 13.5. The number of carbonyl (C=O) groups is 1. The van der Waals surface area contributed by atoms with Crippen molar-refractivity contribution in [2.75, 3.05) is 18.0 Å². The van der Waals surface area contributed by atoms with Gasteiger partial charge in [-0.15, -0.1) is 0 Å². The summed E-state index contributed by atoms with van der Waals surface area (Å²) in [6, 6.07) is 13.6. The summed E-state index contributed by atoms with van der Waals surface area (Å²) in [6.07, 6.45) is 2.37. The van der Waals surface area contributed by atoms with Crippen molar-refractivity contribution in [3.05, 3.63) is 58.6 Å². The van der Waals surface area contributed by atoms with Crippen LogP contribution in [0.1, 0.15) is 28.8 Å². The zero-order valence-corrected chi connectivity index (χ0v) is 13.1. The number of anilines is 2. The van der Waals surface area contributed by atoms with Crippen LogP contribution >= 0.6 is 11.6 Å². The topological polar surface area (TPSA) is 46.3 Å². The van der Waals surface area contributed by atoms with Gasteiger partial charge in [0, 0.05) is 29.2 Å². The maximum absolute atomic E-state index is 12.6. The van der Waals surface area contributed by atoms with E-state index >= 15 is 0 Å². The quantitative estimate of drug-likeness (QED) is 0.869. The molecule has 0 bridgehead atoms. The Bertz CT molecular complexity index is 699. The maximum atomic E-state index is 12.6. The van der Waals surface area contributed by atoms with Crippen LogP contribution in [0.25, 0.3) is 0 Å². The molecule has 0 unspecified atom stereocenters. The molecule has 3 rings (SSSR count). The van der Waals surface area contributed by atoms with Crippen LogP contribution in [0.4, 0.5) is 11.4 Å². The van der Waals surface area contributed by atoms with Crippen LogP contribution in [-0.2, 0) is 6.42 Å². The number of carbonyl (C=O) groups excluding carboxylic acids is 1. The molecule has 3 nitrogen and oxygen atoms in total. The molecule has 0 spiro atoms. The van der Waals surface area contributed by atoms with E-state index in [1.54, 1.807) is 6.07 Å². The van der Waals surface area contributed by atoms with E-state index in [1.165, 1.54) is 0 Å². The Kier molecular flexibility index (Phi) is 4.46. The first-order valence-electron chi connectivity index (χ1n) is 7.59. The number of hydrogen-bond acceptors (Lipinski definition) is 3. The van der Waals surface area contributed by atoms with E-state index in [0.717, 1.165) is 41.9 Å². The van der Waals surface area contributed by atoms with E-state index in [4.69, 9.17) is 17.3 Å². The molecule has 2 N–H and O–H groups in total. The molecule has 0 fully saturated rings. The Morgan fingerprint density at radius 1 is 1.09 bits per heavy atom. The van der Waals surface area contributed by atoms with E-state index < -0.39 is 0 Å². The number of halogens is 1. The third-order valence-electron chi connectivity index (χ3n) is 4.02. The lowest BCUT2D eigenvalue weighted by atomic mass is 10.0. The number of hydrogen-bond donors (Lipinski definition) is 1. The van der Waals surface area contributed by atoms with Gasteiger partial charge >= 0.3 is 0 Å². The minimum atomic E-state index is 0.139. The van der Waals surface area contributed by atoms with Crippen molar-refractivity contribution in [3.63, 3.8) is 0 Å². The van der Waals surface area contributed by atoms with Crippen molar-refractivity contribution in [1.29, 1.82) is 0 Å². The summed E-state index contributed by atoms with van der Waals surface area (Å²) >= 11 is 6.17. The average Bonchev–Trinajstić information content (AvgIpc) is 2.63. The number of Topliss-reactive ketones (excluding diaryl/α,β-unsaturated/α-hetero) is 1. The second-order valence-corrected chi connectivity index (χ2v) is 5.97. The molecule has 0 aliphatic carbocycles. The van der Waals surface area contributed by atoms with Crippen molar-refractivity contribution >= 4 is 28.8 Å². The zero-order valence-electron chi connectivity index (χ0n) is 12.4. The van der Waals surface area contributed by atoms with E-state index in [2.05, 4.69) is 11.0 Å². The van der Waals surface area contributed by atoms with Crippen molar-refractivity contribution in [1.82, 2.24) is 0 Å². The Hall–Kier alpha value is -1.84. The molecule has 0 saturated carbocycles. The molecule has 0 radical (unpaired) electrons. The standard InChI is InChI=1S/C18H19ClN2O/c19-14-7-8-15-17(12-14)21(10-4-3-9-20)16-6-2-1-5-13(16)11-18(15)22/h1-2,5-8,12H,3-4,9-11,20H2. The zero-order chi connectivity index (χ0) is 15.5. The summed E-state index contributed by atoms with van der Waals surface area (Å²) in [6.45, 7) is 1.51. The Morgan fingerprint density at radius 2 is 1.91 bits per heavy atom. The van der Waals surface area contributed by atoms with Crippen molar-refractivity contribution in [2.45, 2.75) is 19.3 Å². The van der Waals surface area contributed by atoms with Gasteiger partial charge in [0.15, 0.2) is 5.78 Å². The van der Waals surface area contributed by atoms with Crippen LogP contribution in [-0.4, -0.2) is 18.9 Å². The first-order valence-corrected chi connectivity index (χ1v) is 7.97. The largest absolute Gasteiger partial charge is 0.341 e. The molecule has 0 saturated heterocycles. The van der Waals surface area contributed by atoms with E-state index in [1.807, 2.05) is 30.3 Å². The van der Waals surface area contributed by atoms with Crippen LogP contribution in [0.15, 0.2) is 42.5 Å². The first kappa shape index (κ1) is 15.1. The number of unbranched alkanes of at least 4 members (excludes halogenated alkanes) is 1. The van der Waals surface area contributed by atoms with Gasteiger partial charge in [-0.2, -0.15) is 0 Å². The molecule has 22 heavy (non-hydrogen) atoms. The molecular formula is C18H19ClN2O. The van der Waals surface area contributed by atoms with E-state index in [0.29, 0.717) is 18.0 Å². The van der Waals surface area contributed by atoms with E-state index in [-0.39, 0.29) is 5.78 Å². The number of nitrogens with two attached hydrogens (primary N) is 1. The minimum Gasteiger partial charge on any atom is -0.341 e. The highest BCUT2D eigenvalue weighted by atomic mass is 35.5. The first-order chi connectivity index (χ1) is 10.7. The van der Waals surface area contributed by atoms with Gasteiger partial charge in [-0.1, -0.05) is 29.8 Å². The SMILES string of the molecule is NCCCCN1c2ccccc2CC(=O)c2ccc(Cl)cc21. The average molecular weight is 315 g/mol. The lowest BCUT2D eigenvalue weighted by molar-refractivity contribution is 0.0994. The smallest absolute Gasteiger partial charge is 0.169 e. The summed E-state index contributed by atoms with van der Waals surface area (Å²) in [7, 11) is 0. The van der Waals surface area contributed by atoms with Gasteiger partial charge in [-0.05, 0) is 49.2 Å². The number of para-hydroxylation sites is 1. The predicted octanol–water partition coefficient (Wildman–Crippen LogP) is 3.96. The van der Waals surface area contributed by atoms with Gasteiger partial charge in [0.2, 0.25) is 0 Å². The molecule has 0 amide bonds.